The van der Waals surface area contributed by atoms with Crippen molar-refractivity contribution in [3.05, 3.63) is 99.4 Å². The van der Waals surface area contributed by atoms with Crippen molar-refractivity contribution >= 4 is 5.69 Å². The fraction of sp³-hybridized carbons (Fsp3) is 0.273. The third-order valence-corrected chi connectivity index (χ3v) is 5.40. The second kappa shape index (κ2) is 7.37. The Bertz CT molecular complexity index is 963. The normalized spacial score (nSPS) is 17.3. The summed E-state index contributed by atoms with van der Waals surface area (Å²) in [5, 5.41) is 11.5. The van der Waals surface area contributed by atoms with Crippen molar-refractivity contribution in [2.45, 2.75) is 32.5 Å². The summed E-state index contributed by atoms with van der Waals surface area (Å²) in [6.07, 6.45) is 3.15. The van der Waals surface area contributed by atoms with Crippen LogP contribution in [0.3, 0.4) is 0 Å². The molecule has 0 saturated heterocycles. The minimum Gasteiger partial charge on any atom is -0.350 e. The van der Waals surface area contributed by atoms with Crippen LogP contribution in [0.4, 0.5) is 5.69 Å². The number of nitro groups is 1. The van der Waals surface area contributed by atoms with Crippen molar-refractivity contribution in [3.63, 3.8) is 0 Å². The number of benzene rings is 2. The molecule has 1 atom stereocenters. The van der Waals surface area contributed by atoms with Crippen LogP contribution in [0.1, 0.15) is 34.8 Å². The molecule has 4 rings (SSSR count). The molecule has 0 spiro atoms. The Kier molecular flexibility index (Phi) is 4.77. The van der Waals surface area contributed by atoms with E-state index in [9.17, 15) is 10.1 Å². The molecule has 1 unspecified atom stereocenters. The first-order valence-corrected chi connectivity index (χ1v) is 9.32. The molecule has 0 fully saturated rings. The van der Waals surface area contributed by atoms with Gasteiger partial charge in [0.05, 0.1) is 11.0 Å². The molecule has 2 heterocycles. The highest BCUT2D eigenvalue weighted by Crippen LogP contribution is 2.35. The second-order valence-electron chi connectivity index (χ2n) is 7.10. The quantitative estimate of drug-likeness (QED) is 0.500. The Labute approximate surface area is 159 Å². The Morgan fingerprint density at radius 2 is 1.81 bits per heavy atom. The van der Waals surface area contributed by atoms with Crippen molar-refractivity contribution < 1.29 is 4.92 Å². The van der Waals surface area contributed by atoms with Gasteiger partial charge >= 0.3 is 0 Å². The van der Waals surface area contributed by atoms with E-state index in [0.717, 1.165) is 25.1 Å². The van der Waals surface area contributed by atoms with Gasteiger partial charge < -0.3 is 4.57 Å². The monoisotopic (exact) mass is 361 g/mol. The fourth-order valence-corrected chi connectivity index (χ4v) is 4.10. The number of aromatic nitrogens is 1. The van der Waals surface area contributed by atoms with Crippen LogP contribution < -0.4 is 0 Å². The molecule has 0 bridgehead atoms. The van der Waals surface area contributed by atoms with Gasteiger partial charge in [0.2, 0.25) is 0 Å². The average molecular weight is 361 g/mol. The van der Waals surface area contributed by atoms with Gasteiger partial charge in [0.15, 0.2) is 0 Å². The van der Waals surface area contributed by atoms with E-state index in [0.29, 0.717) is 6.54 Å². The number of rotatable bonds is 4. The van der Waals surface area contributed by atoms with E-state index in [1.54, 1.807) is 12.1 Å². The molecule has 0 radical (unpaired) electrons. The van der Waals surface area contributed by atoms with Crippen LogP contribution in [0.2, 0.25) is 0 Å². The van der Waals surface area contributed by atoms with Gasteiger partial charge in [0.25, 0.3) is 5.69 Å². The third-order valence-electron chi connectivity index (χ3n) is 5.40. The van der Waals surface area contributed by atoms with Crippen LogP contribution >= 0.6 is 0 Å². The third kappa shape index (κ3) is 3.38. The number of nitro benzene ring substituents is 1. The lowest BCUT2D eigenvalue weighted by Crippen LogP contribution is -2.30. The van der Waals surface area contributed by atoms with Crippen LogP contribution in [0.15, 0.2) is 66.9 Å². The Hall–Kier alpha value is -2.92. The average Bonchev–Trinajstić information content (AvgIpc) is 3.05. The van der Waals surface area contributed by atoms with Gasteiger partial charge in [-0.2, -0.15) is 0 Å². The maximum atomic E-state index is 11.5. The summed E-state index contributed by atoms with van der Waals surface area (Å²) in [7, 11) is 0. The van der Waals surface area contributed by atoms with Crippen LogP contribution in [-0.4, -0.2) is 20.9 Å². The summed E-state index contributed by atoms with van der Waals surface area (Å²) >= 11 is 0. The van der Waals surface area contributed by atoms with Crippen molar-refractivity contribution in [2.75, 3.05) is 6.54 Å². The Balaban J connectivity index is 1.79. The molecule has 1 aliphatic heterocycles. The number of aryl methyl sites for hydroxylation is 2. The van der Waals surface area contributed by atoms with E-state index in [4.69, 9.17) is 0 Å². The second-order valence-corrected chi connectivity index (χ2v) is 7.10. The lowest BCUT2D eigenvalue weighted by molar-refractivity contribution is -0.385. The zero-order valence-electron chi connectivity index (χ0n) is 15.4. The molecule has 3 aromatic rings. The minimum atomic E-state index is -0.279. The van der Waals surface area contributed by atoms with E-state index < -0.39 is 0 Å². The van der Waals surface area contributed by atoms with Crippen LogP contribution in [0.25, 0.3) is 0 Å². The van der Waals surface area contributed by atoms with E-state index in [1.165, 1.54) is 16.8 Å². The topological polar surface area (TPSA) is 51.3 Å². The lowest BCUT2D eigenvalue weighted by atomic mass is 9.96. The molecule has 0 saturated carbocycles. The van der Waals surface area contributed by atoms with Crippen LogP contribution in [0.5, 0.6) is 0 Å². The van der Waals surface area contributed by atoms with Crippen LogP contribution in [0, 0.1) is 17.0 Å². The number of nitrogens with zero attached hydrogens (tertiary/aromatic N) is 3. The maximum absolute atomic E-state index is 11.5. The molecule has 138 valence electrons. The summed E-state index contributed by atoms with van der Waals surface area (Å²) in [5.74, 6) is 0. The molecule has 0 amide bonds. The van der Waals surface area contributed by atoms with Gasteiger partial charge in [-0.1, -0.05) is 42.5 Å². The molecule has 0 N–H and O–H groups in total. The molecule has 0 aliphatic carbocycles. The first kappa shape index (κ1) is 17.5. The van der Waals surface area contributed by atoms with Gasteiger partial charge in [0, 0.05) is 43.2 Å². The van der Waals surface area contributed by atoms with Gasteiger partial charge in [0.1, 0.15) is 0 Å². The zero-order chi connectivity index (χ0) is 18.8. The molecule has 5 heteroatoms. The Morgan fingerprint density at radius 1 is 1.04 bits per heavy atom. The summed E-state index contributed by atoms with van der Waals surface area (Å²) in [6.45, 7) is 4.56. The molecule has 1 aromatic heterocycles. The SMILES string of the molecule is Cc1ccccc1C1c2cccn2CCCN1Cc1ccccc1[N+](=O)[O-]. The first-order chi connectivity index (χ1) is 13.1. The van der Waals surface area contributed by atoms with Gasteiger partial charge in [-0.05, 0) is 36.6 Å². The number of fused-ring (bicyclic) bond motifs is 1. The maximum Gasteiger partial charge on any atom is 0.273 e. The highest BCUT2D eigenvalue weighted by atomic mass is 16.6. The van der Waals surface area contributed by atoms with E-state index in [-0.39, 0.29) is 16.7 Å². The van der Waals surface area contributed by atoms with Gasteiger partial charge in [-0.15, -0.1) is 0 Å². The molecule has 27 heavy (non-hydrogen) atoms. The lowest BCUT2D eigenvalue weighted by Gasteiger charge is -2.31. The summed E-state index contributed by atoms with van der Waals surface area (Å²) in [5.41, 5.74) is 4.71. The van der Waals surface area contributed by atoms with E-state index in [1.807, 2.05) is 12.1 Å². The molecular weight excluding hydrogens is 338 g/mol. The van der Waals surface area contributed by atoms with Gasteiger partial charge in [-0.25, -0.2) is 0 Å². The highest BCUT2D eigenvalue weighted by Gasteiger charge is 2.29. The smallest absolute Gasteiger partial charge is 0.273 e. The molecular formula is C22H23N3O2. The molecule has 5 nitrogen and oxygen atoms in total. The van der Waals surface area contributed by atoms with Crippen molar-refractivity contribution in [3.8, 4) is 0 Å². The first-order valence-electron chi connectivity index (χ1n) is 9.32. The van der Waals surface area contributed by atoms with E-state index >= 15 is 0 Å². The highest BCUT2D eigenvalue weighted by molar-refractivity contribution is 5.41. The molecule has 2 aromatic carbocycles. The standard InChI is InChI=1S/C22H23N3O2/c1-17-8-2-4-10-19(17)22-21-12-6-13-23(21)14-7-15-24(22)16-18-9-3-5-11-20(18)25(26)27/h2-6,8-13,22H,7,14-16H2,1H3. The van der Waals surface area contributed by atoms with Gasteiger partial charge in [-0.3, -0.25) is 15.0 Å². The predicted octanol–water partition coefficient (Wildman–Crippen LogP) is 4.70. The molecule has 1 aliphatic rings. The summed E-state index contributed by atoms with van der Waals surface area (Å²) in [4.78, 5) is 13.6. The van der Waals surface area contributed by atoms with Crippen molar-refractivity contribution in [1.82, 2.24) is 9.47 Å². The number of hydrogen-bond donors (Lipinski definition) is 0. The minimum absolute atomic E-state index is 0.0866. The zero-order valence-corrected chi connectivity index (χ0v) is 15.4. The fourth-order valence-electron chi connectivity index (χ4n) is 4.10. The largest absolute Gasteiger partial charge is 0.350 e. The van der Waals surface area contributed by atoms with Crippen molar-refractivity contribution in [1.29, 1.82) is 0 Å². The number of para-hydroxylation sites is 1. The van der Waals surface area contributed by atoms with E-state index in [2.05, 4.69) is 59.0 Å². The van der Waals surface area contributed by atoms with Crippen molar-refractivity contribution in [2.24, 2.45) is 0 Å². The summed E-state index contributed by atoms with van der Waals surface area (Å²) < 4.78 is 2.32. The number of hydrogen-bond acceptors (Lipinski definition) is 3. The summed E-state index contributed by atoms with van der Waals surface area (Å²) in [6, 6.07) is 19.9. The Morgan fingerprint density at radius 3 is 2.63 bits per heavy atom. The van der Waals surface area contributed by atoms with Crippen LogP contribution in [-0.2, 0) is 13.1 Å². The predicted molar refractivity (Wildman–Crippen MR) is 106 cm³/mol.